The van der Waals surface area contributed by atoms with Gasteiger partial charge in [0, 0.05) is 5.69 Å². The standard InChI is InChI=1S/C15H13NO4/c1-9-7-13(19)14(15(20)16-9)12(18)6-5-10-3-2-4-11(17)8-10/h2-8,17H,1H3,(H2,16,19,20)/b6-5+. The van der Waals surface area contributed by atoms with Gasteiger partial charge in [-0.3, -0.25) is 9.59 Å². The van der Waals surface area contributed by atoms with E-state index in [0.717, 1.165) is 0 Å². The molecule has 1 heterocycles. The molecule has 3 N–H and O–H groups in total. The molecule has 0 fully saturated rings. The van der Waals surface area contributed by atoms with E-state index in [0.29, 0.717) is 11.3 Å². The van der Waals surface area contributed by atoms with Crippen molar-refractivity contribution in [2.45, 2.75) is 6.92 Å². The number of aromatic nitrogens is 1. The topological polar surface area (TPSA) is 90.4 Å². The van der Waals surface area contributed by atoms with Crippen LogP contribution < -0.4 is 5.56 Å². The van der Waals surface area contributed by atoms with Crippen LogP contribution in [0, 0.1) is 6.92 Å². The second kappa shape index (κ2) is 5.44. The number of carbonyl (C=O) groups excluding carboxylic acids is 1. The number of hydrogen-bond acceptors (Lipinski definition) is 4. The lowest BCUT2D eigenvalue weighted by atomic mass is 10.1. The Bertz CT molecular complexity index is 744. The number of aromatic amines is 1. The number of H-pyrrole nitrogens is 1. The molecule has 0 spiro atoms. The largest absolute Gasteiger partial charge is 0.508 e. The van der Waals surface area contributed by atoms with Gasteiger partial charge in [0.15, 0.2) is 5.78 Å². The van der Waals surface area contributed by atoms with Gasteiger partial charge in [0.1, 0.15) is 17.1 Å². The van der Waals surface area contributed by atoms with Crippen molar-refractivity contribution < 1.29 is 15.0 Å². The van der Waals surface area contributed by atoms with Crippen molar-refractivity contribution in [1.29, 1.82) is 0 Å². The Kier molecular flexibility index (Phi) is 3.70. The minimum Gasteiger partial charge on any atom is -0.508 e. The maximum Gasteiger partial charge on any atom is 0.263 e. The van der Waals surface area contributed by atoms with Crippen molar-refractivity contribution in [1.82, 2.24) is 4.98 Å². The van der Waals surface area contributed by atoms with Gasteiger partial charge in [-0.2, -0.15) is 0 Å². The second-order valence-corrected chi connectivity index (χ2v) is 4.33. The number of phenols is 1. The first-order chi connectivity index (χ1) is 9.47. The highest BCUT2D eigenvalue weighted by Gasteiger charge is 2.13. The Balaban J connectivity index is 2.32. The Morgan fingerprint density at radius 3 is 2.65 bits per heavy atom. The first-order valence-electron chi connectivity index (χ1n) is 5.91. The third kappa shape index (κ3) is 2.95. The third-order valence-corrected chi connectivity index (χ3v) is 2.69. The van der Waals surface area contributed by atoms with Crippen molar-refractivity contribution in [2.24, 2.45) is 0 Å². The molecular formula is C15H13NO4. The summed E-state index contributed by atoms with van der Waals surface area (Å²) in [5, 5.41) is 19.0. The van der Waals surface area contributed by atoms with Crippen molar-refractivity contribution >= 4 is 11.9 Å². The molecule has 102 valence electrons. The minimum atomic E-state index is -0.631. The normalized spacial score (nSPS) is 10.8. The average molecular weight is 271 g/mol. The highest BCUT2D eigenvalue weighted by Crippen LogP contribution is 2.16. The number of benzene rings is 1. The summed E-state index contributed by atoms with van der Waals surface area (Å²) in [4.78, 5) is 26.0. The van der Waals surface area contributed by atoms with Crippen molar-refractivity contribution in [3.8, 4) is 11.5 Å². The summed E-state index contributed by atoms with van der Waals surface area (Å²) >= 11 is 0. The monoisotopic (exact) mass is 271 g/mol. The molecule has 2 rings (SSSR count). The highest BCUT2D eigenvalue weighted by atomic mass is 16.3. The quantitative estimate of drug-likeness (QED) is 0.588. The molecule has 0 aliphatic rings. The van der Waals surface area contributed by atoms with Crippen molar-refractivity contribution in [2.75, 3.05) is 0 Å². The predicted octanol–water partition coefficient (Wildman–Crippen LogP) is 1.99. The first-order valence-corrected chi connectivity index (χ1v) is 5.91. The van der Waals surface area contributed by atoms with E-state index < -0.39 is 11.3 Å². The van der Waals surface area contributed by atoms with Crippen LogP contribution in [-0.2, 0) is 0 Å². The van der Waals surface area contributed by atoms with Crippen LogP contribution in [0.5, 0.6) is 11.5 Å². The van der Waals surface area contributed by atoms with E-state index in [2.05, 4.69) is 4.98 Å². The van der Waals surface area contributed by atoms with Crippen molar-refractivity contribution in [3.63, 3.8) is 0 Å². The van der Waals surface area contributed by atoms with Crippen LogP contribution in [0.2, 0.25) is 0 Å². The summed E-state index contributed by atoms with van der Waals surface area (Å²) in [6.07, 6.45) is 2.63. The van der Waals surface area contributed by atoms with Gasteiger partial charge in [-0.1, -0.05) is 18.2 Å². The molecule has 0 aliphatic carbocycles. The van der Waals surface area contributed by atoms with E-state index >= 15 is 0 Å². The predicted molar refractivity (Wildman–Crippen MR) is 74.9 cm³/mol. The highest BCUT2D eigenvalue weighted by molar-refractivity contribution is 6.08. The number of carbonyl (C=O) groups is 1. The molecule has 0 aliphatic heterocycles. The molecule has 5 heteroatoms. The third-order valence-electron chi connectivity index (χ3n) is 2.69. The number of aromatic hydroxyl groups is 2. The summed E-state index contributed by atoms with van der Waals surface area (Å²) in [5.41, 5.74) is 0.155. The number of pyridine rings is 1. The SMILES string of the molecule is Cc1cc(O)c(C(=O)/C=C/c2cccc(O)c2)c(=O)[nH]1. The fourth-order valence-electron chi connectivity index (χ4n) is 1.79. The van der Waals surface area contributed by atoms with Crippen LogP contribution in [0.3, 0.4) is 0 Å². The lowest BCUT2D eigenvalue weighted by molar-refractivity contribution is 0.104. The molecule has 0 atom stereocenters. The van der Waals surface area contributed by atoms with Crippen LogP contribution in [0.15, 0.2) is 41.2 Å². The van der Waals surface area contributed by atoms with Gasteiger partial charge in [-0.05, 0) is 36.8 Å². The summed E-state index contributed by atoms with van der Waals surface area (Å²) in [6.45, 7) is 1.61. The maximum absolute atomic E-state index is 11.9. The molecule has 0 saturated carbocycles. The maximum atomic E-state index is 11.9. The number of phenolic OH excluding ortho intramolecular Hbond substituents is 1. The smallest absolute Gasteiger partial charge is 0.263 e. The number of nitrogens with one attached hydrogen (secondary N) is 1. The fraction of sp³-hybridized carbons (Fsp3) is 0.0667. The van der Waals surface area contributed by atoms with Crippen LogP contribution >= 0.6 is 0 Å². The van der Waals surface area contributed by atoms with Gasteiger partial charge < -0.3 is 15.2 Å². The van der Waals surface area contributed by atoms with E-state index in [9.17, 15) is 19.8 Å². The lowest BCUT2D eigenvalue weighted by Gasteiger charge is -2.01. The first kappa shape index (κ1) is 13.6. The summed E-state index contributed by atoms with van der Waals surface area (Å²) in [7, 11) is 0. The lowest BCUT2D eigenvalue weighted by Crippen LogP contribution is -2.17. The van der Waals surface area contributed by atoms with E-state index in [1.54, 1.807) is 19.1 Å². The zero-order valence-electron chi connectivity index (χ0n) is 10.8. The molecule has 0 amide bonds. The Hall–Kier alpha value is -2.82. The molecule has 0 radical (unpaired) electrons. The Morgan fingerprint density at radius 1 is 1.25 bits per heavy atom. The van der Waals surface area contributed by atoms with E-state index in [-0.39, 0.29) is 17.1 Å². The summed E-state index contributed by atoms with van der Waals surface area (Å²) in [5.74, 6) is -0.875. The van der Waals surface area contributed by atoms with Crippen molar-refractivity contribution in [3.05, 3.63) is 63.6 Å². The Morgan fingerprint density at radius 2 is 2.00 bits per heavy atom. The average Bonchev–Trinajstić information content (AvgIpc) is 2.35. The zero-order valence-corrected chi connectivity index (χ0v) is 10.8. The molecule has 20 heavy (non-hydrogen) atoms. The number of rotatable bonds is 3. The van der Waals surface area contributed by atoms with E-state index in [4.69, 9.17) is 0 Å². The van der Waals surface area contributed by atoms with Gasteiger partial charge >= 0.3 is 0 Å². The van der Waals surface area contributed by atoms with Crippen LogP contribution in [-0.4, -0.2) is 21.0 Å². The zero-order chi connectivity index (χ0) is 14.7. The van der Waals surface area contributed by atoms with Gasteiger partial charge in [0.2, 0.25) is 0 Å². The number of allylic oxidation sites excluding steroid dienone is 1. The van der Waals surface area contributed by atoms with Crippen LogP contribution in [0.1, 0.15) is 21.6 Å². The molecule has 0 unspecified atom stereocenters. The molecule has 2 aromatic rings. The number of aryl methyl sites for hydroxylation is 1. The summed E-state index contributed by atoms with van der Waals surface area (Å²) < 4.78 is 0. The van der Waals surface area contributed by atoms with Crippen LogP contribution in [0.4, 0.5) is 0 Å². The molecule has 1 aromatic carbocycles. The number of ketones is 1. The molecule has 0 saturated heterocycles. The van der Waals surface area contributed by atoms with Gasteiger partial charge in [0.05, 0.1) is 0 Å². The van der Waals surface area contributed by atoms with E-state index in [1.807, 2.05) is 0 Å². The van der Waals surface area contributed by atoms with Gasteiger partial charge in [-0.25, -0.2) is 0 Å². The van der Waals surface area contributed by atoms with Gasteiger partial charge in [-0.15, -0.1) is 0 Å². The molecule has 0 bridgehead atoms. The van der Waals surface area contributed by atoms with Gasteiger partial charge in [0.25, 0.3) is 5.56 Å². The number of hydrogen-bond donors (Lipinski definition) is 3. The van der Waals surface area contributed by atoms with E-state index in [1.165, 1.54) is 30.4 Å². The minimum absolute atomic E-state index is 0.0793. The second-order valence-electron chi connectivity index (χ2n) is 4.33. The van der Waals surface area contributed by atoms with Crippen LogP contribution in [0.25, 0.3) is 6.08 Å². The Labute approximate surface area is 114 Å². The molecular weight excluding hydrogens is 258 g/mol. The summed E-state index contributed by atoms with van der Waals surface area (Å²) in [6, 6.07) is 7.63. The molecule has 5 nitrogen and oxygen atoms in total. The molecule has 1 aromatic heterocycles. The fourth-order valence-corrected chi connectivity index (χ4v) is 1.79.